The van der Waals surface area contributed by atoms with E-state index in [9.17, 15) is 0 Å². The molecule has 1 N–H and O–H groups in total. The number of pyridine rings is 1. The van der Waals surface area contributed by atoms with E-state index in [1.807, 2.05) is 60.8 Å². The van der Waals surface area contributed by atoms with Gasteiger partial charge in [-0.25, -0.2) is 9.97 Å². The Morgan fingerprint density at radius 3 is 2.35 bits per heavy atom. The SMILES string of the molecule is Brc1ccccc1-c1nc(NCc2ccc(-c3cccnc3)cc2)c2ccccc2n1. The first-order valence-corrected chi connectivity index (χ1v) is 10.8. The number of fused-ring (bicyclic) bond motifs is 1. The van der Waals surface area contributed by atoms with Crippen molar-refractivity contribution in [3.05, 3.63) is 107 Å². The predicted molar refractivity (Wildman–Crippen MR) is 130 cm³/mol. The molecule has 0 saturated carbocycles. The molecule has 0 saturated heterocycles. The maximum Gasteiger partial charge on any atom is 0.163 e. The average Bonchev–Trinajstić information content (AvgIpc) is 2.83. The summed E-state index contributed by atoms with van der Waals surface area (Å²) in [5.41, 5.74) is 5.33. The molecule has 31 heavy (non-hydrogen) atoms. The predicted octanol–water partition coefficient (Wildman–Crippen LogP) is 6.73. The van der Waals surface area contributed by atoms with Gasteiger partial charge in [-0.1, -0.05) is 76.6 Å². The molecule has 0 fully saturated rings. The van der Waals surface area contributed by atoms with Crippen LogP contribution in [-0.4, -0.2) is 15.0 Å². The van der Waals surface area contributed by atoms with Gasteiger partial charge in [-0.15, -0.1) is 0 Å². The van der Waals surface area contributed by atoms with Crippen LogP contribution in [0.4, 0.5) is 5.82 Å². The van der Waals surface area contributed by atoms with Crippen molar-refractivity contribution < 1.29 is 0 Å². The number of aromatic nitrogens is 3. The smallest absolute Gasteiger partial charge is 0.163 e. The van der Waals surface area contributed by atoms with Gasteiger partial charge in [-0.2, -0.15) is 0 Å². The fourth-order valence-electron chi connectivity index (χ4n) is 3.51. The molecule has 2 heterocycles. The van der Waals surface area contributed by atoms with Crippen molar-refractivity contribution >= 4 is 32.7 Å². The standard InChI is InChI=1S/C26H19BrN4/c27-23-9-3-1-7-21(23)26-30-24-10-4-2-8-22(24)25(31-26)29-16-18-11-13-19(14-12-18)20-6-5-15-28-17-20/h1-15,17H,16H2,(H,29,30,31). The van der Waals surface area contributed by atoms with Gasteiger partial charge >= 0.3 is 0 Å². The van der Waals surface area contributed by atoms with Crippen molar-refractivity contribution in [1.29, 1.82) is 0 Å². The lowest BCUT2D eigenvalue weighted by atomic mass is 10.1. The molecule has 4 nitrogen and oxygen atoms in total. The van der Waals surface area contributed by atoms with Gasteiger partial charge < -0.3 is 5.32 Å². The average molecular weight is 467 g/mol. The Bertz CT molecular complexity index is 1340. The van der Waals surface area contributed by atoms with Crippen LogP contribution in [0.15, 0.2) is 102 Å². The number of rotatable bonds is 5. The lowest BCUT2D eigenvalue weighted by Gasteiger charge is -2.12. The molecule has 0 amide bonds. The van der Waals surface area contributed by atoms with Crippen LogP contribution < -0.4 is 5.32 Å². The number of anilines is 1. The topological polar surface area (TPSA) is 50.7 Å². The number of hydrogen-bond donors (Lipinski definition) is 1. The quantitative estimate of drug-likeness (QED) is 0.311. The van der Waals surface area contributed by atoms with Crippen molar-refractivity contribution in [1.82, 2.24) is 15.0 Å². The van der Waals surface area contributed by atoms with E-state index in [0.29, 0.717) is 12.4 Å². The summed E-state index contributed by atoms with van der Waals surface area (Å²) in [5, 5.41) is 4.52. The summed E-state index contributed by atoms with van der Waals surface area (Å²) >= 11 is 3.62. The second-order valence-electron chi connectivity index (χ2n) is 7.18. The fourth-order valence-corrected chi connectivity index (χ4v) is 3.97. The summed E-state index contributed by atoms with van der Waals surface area (Å²) in [7, 11) is 0. The number of nitrogens with one attached hydrogen (secondary N) is 1. The van der Waals surface area contributed by atoms with Crippen molar-refractivity contribution in [3.8, 4) is 22.5 Å². The van der Waals surface area contributed by atoms with Gasteiger partial charge in [-0.05, 0) is 41.0 Å². The highest BCUT2D eigenvalue weighted by Crippen LogP contribution is 2.29. The molecule has 5 heteroatoms. The van der Waals surface area contributed by atoms with Crippen LogP contribution in [0.25, 0.3) is 33.4 Å². The molecule has 0 aliphatic rings. The Kier molecular flexibility index (Phi) is 5.42. The van der Waals surface area contributed by atoms with Crippen LogP contribution in [0.3, 0.4) is 0 Å². The summed E-state index contributed by atoms with van der Waals surface area (Å²) in [6, 6.07) is 28.6. The second-order valence-corrected chi connectivity index (χ2v) is 8.04. The molecule has 150 valence electrons. The number of para-hydroxylation sites is 1. The fraction of sp³-hybridized carbons (Fsp3) is 0.0385. The Balaban J connectivity index is 1.44. The van der Waals surface area contributed by atoms with E-state index < -0.39 is 0 Å². The summed E-state index contributed by atoms with van der Waals surface area (Å²) in [5.74, 6) is 1.52. The van der Waals surface area contributed by atoms with Gasteiger partial charge in [0.05, 0.1) is 5.52 Å². The molecular formula is C26H19BrN4. The van der Waals surface area contributed by atoms with E-state index in [-0.39, 0.29) is 0 Å². The van der Waals surface area contributed by atoms with Crippen LogP contribution in [0.2, 0.25) is 0 Å². The molecule has 5 rings (SSSR count). The summed E-state index contributed by atoms with van der Waals surface area (Å²) < 4.78 is 0.974. The third kappa shape index (κ3) is 4.18. The summed E-state index contributed by atoms with van der Waals surface area (Å²) in [6.45, 7) is 0.670. The molecule has 0 unspecified atom stereocenters. The molecule has 5 aromatic rings. The van der Waals surface area contributed by atoms with E-state index >= 15 is 0 Å². The zero-order chi connectivity index (χ0) is 21.0. The Morgan fingerprint density at radius 1 is 0.742 bits per heavy atom. The highest BCUT2D eigenvalue weighted by Gasteiger charge is 2.11. The zero-order valence-corrected chi connectivity index (χ0v) is 18.3. The van der Waals surface area contributed by atoms with E-state index in [2.05, 4.69) is 56.6 Å². The Morgan fingerprint density at radius 2 is 1.55 bits per heavy atom. The van der Waals surface area contributed by atoms with Crippen LogP contribution in [0, 0.1) is 0 Å². The highest BCUT2D eigenvalue weighted by molar-refractivity contribution is 9.10. The second kappa shape index (κ2) is 8.66. The molecule has 0 aliphatic carbocycles. The van der Waals surface area contributed by atoms with Gasteiger partial charge in [0.1, 0.15) is 5.82 Å². The molecule has 0 atom stereocenters. The van der Waals surface area contributed by atoms with Gasteiger partial charge in [-0.3, -0.25) is 4.98 Å². The van der Waals surface area contributed by atoms with Crippen molar-refractivity contribution in [2.45, 2.75) is 6.54 Å². The molecule has 0 bridgehead atoms. The van der Waals surface area contributed by atoms with E-state index in [0.717, 1.165) is 37.9 Å². The van der Waals surface area contributed by atoms with Crippen LogP contribution >= 0.6 is 15.9 Å². The summed E-state index contributed by atoms with van der Waals surface area (Å²) in [6.07, 6.45) is 3.67. The minimum atomic E-state index is 0.670. The van der Waals surface area contributed by atoms with E-state index in [1.54, 1.807) is 6.20 Å². The normalized spacial score (nSPS) is 10.9. The van der Waals surface area contributed by atoms with Gasteiger partial charge in [0.25, 0.3) is 0 Å². The molecule has 3 aromatic carbocycles. The van der Waals surface area contributed by atoms with Gasteiger partial charge in [0.15, 0.2) is 5.82 Å². The van der Waals surface area contributed by atoms with Crippen LogP contribution in [0.1, 0.15) is 5.56 Å². The molecular weight excluding hydrogens is 448 g/mol. The van der Waals surface area contributed by atoms with Crippen molar-refractivity contribution in [2.24, 2.45) is 0 Å². The molecule has 0 spiro atoms. The minimum Gasteiger partial charge on any atom is -0.365 e. The number of halogens is 1. The molecule has 0 aliphatic heterocycles. The third-order valence-corrected chi connectivity index (χ3v) is 5.82. The minimum absolute atomic E-state index is 0.670. The maximum atomic E-state index is 4.85. The van der Waals surface area contributed by atoms with Crippen molar-refractivity contribution in [2.75, 3.05) is 5.32 Å². The first-order valence-electron chi connectivity index (χ1n) is 10.0. The Hall–Kier alpha value is -3.57. The Labute approximate surface area is 189 Å². The first-order chi connectivity index (χ1) is 15.3. The molecule has 2 aromatic heterocycles. The first kappa shape index (κ1) is 19.4. The van der Waals surface area contributed by atoms with Crippen LogP contribution in [0.5, 0.6) is 0 Å². The number of hydrogen-bond acceptors (Lipinski definition) is 4. The number of benzene rings is 3. The number of nitrogens with zero attached hydrogens (tertiary/aromatic N) is 3. The zero-order valence-electron chi connectivity index (χ0n) is 16.7. The highest BCUT2D eigenvalue weighted by atomic mass is 79.9. The monoisotopic (exact) mass is 466 g/mol. The van der Waals surface area contributed by atoms with Gasteiger partial charge in [0, 0.05) is 34.4 Å². The van der Waals surface area contributed by atoms with Crippen LogP contribution in [-0.2, 0) is 6.54 Å². The largest absolute Gasteiger partial charge is 0.365 e. The lowest BCUT2D eigenvalue weighted by Crippen LogP contribution is -2.04. The van der Waals surface area contributed by atoms with Crippen molar-refractivity contribution in [3.63, 3.8) is 0 Å². The van der Waals surface area contributed by atoms with E-state index in [4.69, 9.17) is 9.97 Å². The lowest BCUT2D eigenvalue weighted by molar-refractivity contribution is 1.11. The third-order valence-electron chi connectivity index (χ3n) is 5.13. The molecule has 0 radical (unpaired) electrons. The van der Waals surface area contributed by atoms with E-state index in [1.165, 1.54) is 5.56 Å². The maximum absolute atomic E-state index is 4.85. The summed E-state index contributed by atoms with van der Waals surface area (Å²) in [4.78, 5) is 13.8. The van der Waals surface area contributed by atoms with Gasteiger partial charge in [0.2, 0.25) is 0 Å².